The van der Waals surface area contributed by atoms with Crippen LogP contribution in [0.4, 0.5) is 0 Å². The van der Waals surface area contributed by atoms with Crippen LogP contribution in [0.15, 0.2) is 36.0 Å². The van der Waals surface area contributed by atoms with E-state index in [1.807, 2.05) is 12.2 Å². The Labute approximate surface area is 140 Å². The summed E-state index contributed by atoms with van der Waals surface area (Å²) in [6.07, 6.45) is 11.5. The monoisotopic (exact) mass is 318 g/mol. The molecule has 0 heterocycles. The van der Waals surface area contributed by atoms with E-state index in [0.29, 0.717) is 35.2 Å². The number of methoxy groups -OCH3 is 1. The minimum absolute atomic E-state index is 0.224. The highest BCUT2D eigenvalue weighted by molar-refractivity contribution is 5.87. The first-order valence-corrected chi connectivity index (χ1v) is 8.66. The number of carbonyl (C=O) groups is 1. The Morgan fingerprint density at radius 3 is 2.61 bits per heavy atom. The van der Waals surface area contributed by atoms with Gasteiger partial charge in [0.15, 0.2) is 0 Å². The van der Waals surface area contributed by atoms with E-state index in [1.165, 1.54) is 7.11 Å². The van der Waals surface area contributed by atoms with Crippen LogP contribution >= 0.6 is 0 Å². The Morgan fingerprint density at radius 2 is 1.96 bits per heavy atom. The summed E-state index contributed by atoms with van der Waals surface area (Å²) in [5.41, 5.74) is 0.602. The number of aliphatic hydroxyl groups excluding tert-OH is 1. The van der Waals surface area contributed by atoms with Crippen LogP contribution < -0.4 is 0 Å². The summed E-state index contributed by atoms with van der Waals surface area (Å²) in [6.45, 7) is 8.32. The first-order valence-electron chi connectivity index (χ1n) is 8.66. The normalized spacial score (nSPS) is 41.0. The molecule has 3 nitrogen and oxygen atoms in total. The van der Waals surface area contributed by atoms with Crippen LogP contribution in [0.1, 0.15) is 34.1 Å². The highest BCUT2D eigenvalue weighted by Gasteiger charge is 2.44. The molecule has 23 heavy (non-hydrogen) atoms. The van der Waals surface area contributed by atoms with Crippen molar-refractivity contribution in [2.24, 2.45) is 35.5 Å². The summed E-state index contributed by atoms with van der Waals surface area (Å²) in [4.78, 5) is 11.4. The van der Waals surface area contributed by atoms with Gasteiger partial charge in [-0.1, -0.05) is 51.2 Å². The van der Waals surface area contributed by atoms with Crippen molar-refractivity contribution in [2.45, 2.75) is 40.2 Å². The molecule has 0 aromatic carbocycles. The Morgan fingerprint density at radius 1 is 1.26 bits per heavy atom. The predicted molar refractivity (Wildman–Crippen MR) is 92.6 cm³/mol. The molecular weight excluding hydrogens is 288 g/mol. The Kier molecular flexibility index (Phi) is 5.85. The lowest BCUT2D eigenvalue weighted by Crippen LogP contribution is -2.46. The maximum atomic E-state index is 11.4. The van der Waals surface area contributed by atoms with Gasteiger partial charge in [0.1, 0.15) is 0 Å². The van der Waals surface area contributed by atoms with Gasteiger partial charge in [-0.25, -0.2) is 4.79 Å². The summed E-state index contributed by atoms with van der Waals surface area (Å²) in [5, 5.41) is 10.5. The molecule has 2 aliphatic rings. The SMILES string of the molecule is COC(=O)C(C)=CC=C[C@@H]1[C@H]2[C@H](C)[C@@H](O)[C@H](C)C[C@@H]2C=C[C@@H]1C. The fourth-order valence-corrected chi connectivity index (χ4v) is 4.36. The number of esters is 1. The molecule has 3 heteroatoms. The molecule has 1 saturated carbocycles. The quantitative estimate of drug-likeness (QED) is 0.373. The van der Waals surface area contributed by atoms with E-state index in [1.54, 1.807) is 6.92 Å². The fraction of sp³-hybridized carbons (Fsp3) is 0.650. The summed E-state index contributed by atoms with van der Waals surface area (Å²) in [7, 11) is 1.40. The molecule has 128 valence electrons. The molecule has 1 N–H and O–H groups in total. The first-order chi connectivity index (χ1) is 10.9. The van der Waals surface area contributed by atoms with Crippen molar-refractivity contribution in [3.8, 4) is 0 Å². The van der Waals surface area contributed by atoms with Crippen molar-refractivity contribution in [1.29, 1.82) is 0 Å². The molecule has 0 saturated heterocycles. The highest BCUT2D eigenvalue weighted by atomic mass is 16.5. The van der Waals surface area contributed by atoms with Crippen LogP contribution in [0.2, 0.25) is 0 Å². The van der Waals surface area contributed by atoms with Crippen LogP contribution in [0.5, 0.6) is 0 Å². The smallest absolute Gasteiger partial charge is 0.333 e. The van der Waals surface area contributed by atoms with Gasteiger partial charge in [-0.15, -0.1) is 0 Å². The minimum Gasteiger partial charge on any atom is -0.466 e. The number of ether oxygens (including phenoxy) is 1. The molecular formula is C20H30O3. The Balaban J connectivity index is 2.19. The van der Waals surface area contributed by atoms with Crippen LogP contribution in [0, 0.1) is 35.5 Å². The maximum absolute atomic E-state index is 11.4. The second-order valence-corrected chi connectivity index (χ2v) is 7.35. The predicted octanol–water partition coefficient (Wildman–Crippen LogP) is 3.75. The molecule has 2 aliphatic carbocycles. The number of rotatable bonds is 3. The van der Waals surface area contributed by atoms with Gasteiger partial charge in [0.05, 0.1) is 13.2 Å². The molecule has 7 atom stereocenters. The van der Waals surface area contributed by atoms with Crippen molar-refractivity contribution in [3.05, 3.63) is 36.0 Å². The van der Waals surface area contributed by atoms with E-state index in [-0.39, 0.29) is 18.0 Å². The van der Waals surface area contributed by atoms with Gasteiger partial charge in [-0.3, -0.25) is 0 Å². The third kappa shape index (κ3) is 3.77. The van der Waals surface area contributed by atoms with E-state index in [4.69, 9.17) is 4.74 Å². The Hall–Kier alpha value is -1.35. The standard InChI is InChI=1S/C20H30O3/c1-12-9-10-16-11-14(3)19(21)15(4)18(16)17(12)8-6-7-13(2)20(22)23-5/h6-10,12,14-19,21H,11H2,1-5H3/t12-,14+,15-,16-,17-,18-,19-/m0/s1. The molecule has 0 bridgehead atoms. The molecule has 0 aromatic heterocycles. The number of fused-ring (bicyclic) bond motifs is 1. The minimum atomic E-state index is -0.292. The summed E-state index contributed by atoms with van der Waals surface area (Å²) < 4.78 is 4.72. The van der Waals surface area contributed by atoms with E-state index in [2.05, 4.69) is 39.0 Å². The number of aliphatic hydroxyl groups is 1. The lowest BCUT2D eigenvalue weighted by atomic mass is 9.58. The van der Waals surface area contributed by atoms with Crippen LogP contribution in [-0.2, 0) is 9.53 Å². The molecule has 0 radical (unpaired) electrons. The molecule has 1 fully saturated rings. The highest BCUT2D eigenvalue weighted by Crippen LogP contribution is 2.48. The van der Waals surface area contributed by atoms with Gasteiger partial charge in [-0.2, -0.15) is 0 Å². The third-order valence-electron chi connectivity index (χ3n) is 5.77. The lowest BCUT2D eigenvalue weighted by molar-refractivity contribution is -0.136. The third-order valence-corrected chi connectivity index (χ3v) is 5.77. The van der Waals surface area contributed by atoms with Gasteiger partial charge >= 0.3 is 5.97 Å². The maximum Gasteiger partial charge on any atom is 0.333 e. The molecule has 2 rings (SSSR count). The van der Waals surface area contributed by atoms with Crippen molar-refractivity contribution in [3.63, 3.8) is 0 Å². The molecule has 0 aliphatic heterocycles. The molecule has 0 spiro atoms. The zero-order chi connectivity index (χ0) is 17.1. The summed E-state index contributed by atoms with van der Waals surface area (Å²) in [5.74, 6) is 2.20. The van der Waals surface area contributed by atoms with Crippen LogP contribution in [0.3, 0.4) is 0 Å². The molecule has 0 unspecified atom stereocenters. The average molecular weight is 318 g/mol. The van der Waals surface area contributed by atoms with Crippen LogP contribution in [0.25, 0.3) is 0 Å². The second-order valence-electron chi connectivity index (χ2n) is 7.35. The number of carbonyl (C=O) groups excluding carboxylic acids is 1. The van der Waals surface area contributed by atoms with Crippen molar-refractivity contribution >= 4 is 5.97 Å². The van der Waals surface area contributed by atoms with E-state index >= 15 is 0 Å². The van der Waals surface area contributed by atoms with E-state index < -0.39 is 0 Å². The summed E-state index contributed by atoms with van der Waals surface area (Å²) in [6, 6.07) is 0. The van der Waals surface area contributed by atoms with E-state index in [9.17, 15) is 9.90 Å². The average Bonchev–Trinajstić information content (AvgIpc) is 2.54. The first kappa shape index (κ1) is 18.0. The zero-order valence-electron chi connectivity index (χ0n) is 14.9. The molecule has 0 amide bonds. The number of allylic oxidation sites excluding steroid dienone is 5. The number of hydrogen-bond donors (Lipinski definition) is 1. The van der Waals surface area contributed by atoms with Gasteiger partial charge in [0, 0.05) is 5.57 Å². The Bertz CT molecular complexity index is 517. The van der Waals surface area contributed by atoms with Gasteiger partial charge in [0.2, 0.25) is 0 Å². The fourth-order valence-electron chi connectivity index (χ4n) is 4.36. The lowest BCUT2D eigenvalue weighted by Gasteiger charge is -2.48. The largest absolute Gasteiger partial charge is 0.466 e. The topological polar surface area (TPSA) is 46.5 Å². The second kappa shape index (κ2) is 7.48. The van der Waals surface area contributed by atoms with Gasteiger partial charge in [0.25, 0.3) is 0 Å². The van der Waals surface area contributed by atoms with Gasteiger partial charge in [-0.05, 0) is 48.9 Å². The summed E-state index contributed by atoms with van der Waals surface area (Å²) >= 11 is 0. The van der Waals surface area contributed by atoms with Crippen LogP contribution in [-0.4, -0.2) is 24.3 Å². The zero-order valence-corrected chi connectivity index (χ0v) is 14.9. The van der Waals surface area contributed by atoms with Gasteiger partial charge < -0.3 is 9.84 Å². The van der Waals surface area contributed by atoms with Crippen molar-refractivity contribution in [2.75, 3.05) is 7.11 Å². The van der Waals surface area contributed by atoms with E-state index in [0.717, 1.165) is 6.42 Å². The molecule has 0 aromatic rings. The van der Waals surface area contributed by atoms with Crippen molar-refractivity contribution in [1.82, 2.24) is 0 Å². The van der Waals surface area contributed by atoms with Crippen molar-refractivity contribution < 1.29 is 14.6 Å². The number of hydrogen-bond acceptors (Lipinski definition) is 3.